The maximum absolute atomic E-state index is 13.2. The average molecular weight is 456 g/mol. The Morgan fingerprint density at radius 1 is 1.00 bits per heavy atom. The third-order valence-electron chi connectivity index (χ3n) is 7.37. The normalized spacial score (nSPS) is 22.7. The molecule has 3 heterocycles. The van der Waals surface area contributed by atoms with Crippen LogP contribution in [0.4, 0.5) is 16.2 Å². The zero-order valence-corrected chi connectivity index (χ0v) is 19.3. The number of amides is 4. The lowest BCUT2D eigenvalue weighted by atomic mass is 9.95. The molecule has 1 fully saturated rings. The molecular formula is C26H25N5O3. The van der Waals surface area contributed by atoms with Crippen LogP contribution in [-0.2, 0) is 29.0 Å². The Morgan fingerprint density at radius 3 is 2.47 bits per heavy atom. The van der Waals surface area contributed by atoms with Gasteiger partial charge in [-0.1, -0.05) is 18.2 Å². The summed E-state index contributed by atoms with van der Waals surface area (Å²) < 4.78 is 0. The highest BCUT2D eigenvalue weighted by atomic mass is 16.2. The standard InChI is InChI=1S/C26H25N5O3/c1-25(2)23(33)31(21-7-5-4-6-19(21)29-25)14-18-9-8-15-10-16-12-26(13-17(16)11-20(15)27-18)22(32)28-24(34)30(26)3/h4-11,29H,12-14H2,1-3H3,(H,28,32,34)/t26-/m1/s1. The van der Waals surface area contributed by atoms with Crippen LogP contribution in [0.5, 0.6) is 0 Å². The smallest absolute Gasteiger partial charge is 0.324 e. The predicted octanol–water partition coefficient (Wildman–Crippen LogP) is 2.99. The summed E-state index contributed by atoms with van der Waals surface area (Å²) in [4.78, 5) is 46.1. The molecule has 1 saturated heterocycles. The number of carbonyl (C=O) groups is 3. The van der Waals surface area contributed by atoms with E-state index in [1.807, 2.05) is 56.3 Å². The number of aromatic nitrogens is 1. The lowest BCUT2D eigenvalue weighted by Crippen LogP contribution is -2.53. The molecule has 0 radical (unpaired) electrons. The monoisotopic (exact) mass is 455 g/mol. The molecule has 0 bridgehead atoms. The summed E-state index contributed by atoms with van der Waals surface area (Å²) >= 11 is 0. The van der Waals surface area contributed by atoms with Crippen molar-refractivity contribution in [2.24, 2.45) is 0 Å². The van der Waals surface area contributed by atoms with Gasteiger partial charge in [0.2, 0.25) is 0 Å². The summed E-state index contributed by atoms with van der Waals surface area (Å²) in [6.07, 6.45) is 0.964. The maximum atomic E-state index is 13.2. The summed E-state index contributed by atoms with van der Waals surface area (Å²) in [5.74, 6) is -0.253. The SMILES string of the molecule is CN1C(=O)NC(=O)[C@]12Cc1cc3ccc(CN4C(=O)C(C)(C)Nc5ccccc54)nc3cc1C2. The van der Waals surface area contributed by atoms with Crippen LogP contribution < -0.4 is 15.5 Å². The number of hydrogen-bond acceptors (Lipinski definition) is 5. The molecule has 8 nitrogen and oxygen atoms in total. The molecule has 6 rings (SSSR count). The summed E-state index contributed by atoms with van der Waals surface area (Å²) in [6, 6.07) is 15.5. The first-order chi connectivity index (χ1) is 16.2. The van der Waals surface area contributed by atoms with Crippen molar-refractivity contribution in [1.82, 2.24) is 15.2 Å². The van der Waals surface area contributed by atoms with Crippen molar-refractivity contribution >= 4 is 40.1 Å². The van der Waals surface area contributed by atoms with Gasteiger partial charge in [0.05, 0.1) is 29.1 Å². The van der Waals surface area contributed by atoms with Gasteiger partial charge in [0, 0.05) is 25.3 Å². The van der Waals surface area contributed by atoms with Crippen molar-refractivity contribution in [1.29, 1.82) is 0 Å². The van der Waals surface area contributed by atoms with E-state index in [0.717, 1.165) is 39.1 Å². The van der Waals surface area contributed by atoms with Crippen LogP contribution in [0.25, 0.3) is 10.9 Å². The Morgan fingerprint density at radius 2 is 1.74 bits per heavy atom. The van der Waals surface area contributed by atoms with E-state index in [1.54, 1.807) is 11.9 Å². The Labute approximate surface area is 196 Å². The number of imide groups is 1. The van der Waals surface area contributed by atoms with Gasteiger partial charge >= 0.3 is 6.03 Å². The van der Waals surface area contributed by atoms with Crippen molar-refractivity contribution in [3.8, 4) is 0 Å². The van der Waals surface area contributed by atoms with E-state index in [0.29, 0.717) is 19.4 Å². The molecule has 0 unspecified atom stereocenters. The van der Waals surface area contributed by atoms with Crippen molar-refractivity contribution in [2.75, 3.05) is 17.3 Å². The molecule has 3 aromatic rings. The fourth-order valence-electron chi connectivity index (χ4n) is 5.43. The molecular weight excluding hydrogens is 430 g/mol. The third kappa shape index (κ3) is 2.84. The third-order valence-corrected chi connectivity index (χ3v) is 7.37. The first-order valence-electron chi connectivity index (χ1n) is 11.4. The van der Waals surface area contributed by atoms with E-state index < -0.39 is 11.1 Å². The van der Waals surface area contributed by atoms with E-state index in [-0.39, 0.29) is 17.8 Å². The highest BCUT2D eigenvalue weighted by Crippen LogP contribution is 2.39. The van der Waals surface area contributed by atoms with Crippen molar-refractivity contribution < 1.29 is 14.4 Å². The first kappa shape index (κ1) is 20.7. The Kier molecular flexibility index (Phi) is 4.12. The largest absolute Gasteiger partial charge is 0.370 e. The highest BCUT2D eigenvalue weighted by molar-refractivity contribution is 6.08. The average Bonchev–Trinajstić information content (AvgIpc) is 3.27. The van der Waals surface area contributed by atoms with Gasteiger partial charge in [0.1, 0.15) is 11.1 Å². The van der Waals surface area contributed by atoms with Crippen LogP contribution in [0.2, 0.25) is 0 Å². The number of pyridine rings is 1. The van der Waals surface area contributed by atoms with E-state index in [2.05, 4.69) is 16.7 Å². The Hall–Kier alpha value is -3.94. The molecule has 34 heavy (non-hydrogen) atoms. The quantitative estimate of drug-likeness (QED) is 0.580. The number of fused-ring (bicyclic) bond motifs is 3. The minimum absolute atomic E-state index is 0.0102. The molecule has 3 aliphatic rings. The topological polar surface area (TPSA) is 94.6 Å². The van der Waals surface area contributed by atoms with Gasteiger partial charge in [-0.25, -0.2) is 4.79 Å². The molecule has 172 valence electrons. The molecule has 1 aromatic heterocycles. The zero-order chi connectivity index (χ0) is 23.8. The number of nitrogens with zero attached hydrogens (tertiary/aromatic N) is 3. The Balaban J connectivity index is 1.35. The van der Waals surface area contributed by atoms with Crippen LogP contribution in [-0.4, -0.2) is 45.9 Å². The van der Waals surface area contributed by atoms with Gasteiger partial charge in [0.25, 0.3) is 11.8 Å². The fourth-order valence-corrected chi connectivity index (χ4v) is 5.43. The van der Waals surface area contributed by atoms with E-state index in [1.165, 1.54) is 4.90 Å². The molecule has 1 atom stereocenters. The molecule has 2 N–H and O–H groups in total. The van der Waals surface area contributed by atoms with Crippen LogP contribution in [0.3, 0.4) is 0 Å². The molecule has 2 aliphatic heterocycles. The Bertz CT molecular complexity index is 1410. The number of para-hydroxylation sites is 2. The number of rotatable bonds is 2. The van der Waals surface area contributed by atoms with Crippen LogP contribution >= 0.6 is 0 Å². The number of carbonyl (C=O) groups excluding carboxylic acids is 3. The van der Waals surface area contributed by atoms with Crippen LogP contribution in [0.1, 0.15) is 30.7 Å². The van der Waals surface area contributed by atoms with Crippen molar-refractivity contribution in [3.63, 3.8) is 0 Å². The maximum Gasteiger partial charge on any atom is 0.324 e. The lowest BCUT2D eigenvalue weighted by Gasteiger charge is -2.39. The van der Waals surface area contributed by atoms with E-state index in [4.69, 9.17) is 4.98 Å². The number of benzene rings is 2. The molecule has 2 aromatic carbocycles. The van der Waals surface area contributed by atoms with Gasteiger partial charge < -0.3 is 15.1 Å². The van der Waals surface area contributed by atoms with Crippen molar-refractivity contribution in [2.45, 2.75) is 44.3 Å². The summed E-state index contributed by atoms with van der Waals surface area (Å²) in [5, 5.41) is 6.73. The van der Waals surface area contributed by atoms with Gasteiger partial charge in [-0.15, -0.1) is 0 Å². The lowest BCUT2D eigenvalue weighted by molar-refractivity contribution is -0.126. The number of urea groups is 1. The predicted molar refractivity (Wildman–Crippen MR) is 129 cm³/mol. The summed E-state index contributed by atoms with van der Waals surface area (Å²) in [6.45, 7) is 4.12. The fraction of sp³-hybridized carbons (Fsp3) is 0.308. The summed E-state index contributed by atoms with van der Waals surface area (Å²) in [7, 11) is 1.67. The molecule has 4 amide bonds. The van der Waals surface area contributed by atoms with Crippen molar-refractivity contribution in [3.05, 3.63) is 65.4 Å². The first-order valence-corrected chi connectivity index (χ1v) is 11.4. The van der Waals surface area contributed by atoms with Crippen LogP contribution in [0, 0.1) is 0 Å². The van der Waals surface area contributed by atoms with E-state index >= 15 is 0 Å². The second-order valence-corrected chi connectivity index (χ2v) is 9.98. The van der Waals surface area contributed by atoms with Gasteiger partial charge in [-0.2, -0.15) is 0 Å². The van der Waals surface area contributed by atoms with Gasteiger partial charge in [0.15, 0.2) is 0 Å². The molecule has 1 aliphatic carbocycles. The highest BCUT2D eigenvalue weighted by Gasteiger charge is 2.54. The molecule has 1 spiro atoms. The number of likely N-dealkylation sites (N-methyl/N-ethyl adjacent to an activating group) is 1. The van der Waals surface area contributed by atoms with Crippen LogP contribution in [0.15, 0.2) is 48.5 Å². The minimum atomic E-state index is -0.859. The second-order valence-electron chi connectivity index (χ2n) is 9.98. The van der Waals surface area contributed by atoms with Gasteiger partial charge in [-0.3, -0.25) is 19.9 Å². The van der Waals surface area contributed by atoms with E-state index in [9.17, 15) is 14.4 Å². The number of hydrogen-bond donors (Lipinski definition) is 2. The minimum Gasteiger partial charge on any atom is -0.370 e. The zero-order valence-electron chi connectivity index (χ0n) is 19.3. The molecule has 8 heteroatoms. The number of anilines is 2. The summed E-state index contributed by atoms with van der Waals surface area (Å²) in [5.41, 5.74) is 3.87. The molecule has 0 saturated carbocycles. The van der Waals surface area contributed by atoms with Gasteiger partial charge in [-0.05, 0) is 55.3 Å². The second kappa shape index (κ2) is 6.79. The number of nitrogens with one attached hydrogen (secondary N) is 2.